The number of hydrogen-bond donors (Lipinski definition) is 0. The Bertz CT molecular complexity index is 1520. The van der Waals surface area contributed by atoms with Gasteiger partial charge in [-0.3, -0.25) is 0 Å². The Labute approximate surface area is 298 Å². The SMILES string of the molecule is CCCCCCC1=Cc2ccccc2[CH]1[Zr+2]([CH]1C(CCCCCC)=Cc2ccccc21)=[Si](c1ccccc1)c1ccccc1.[Cl-].[Cl-]. The minimum atomic E-state index is -2.53. The van der Waals surface area contributed by atoms with E-state index in [2.05, 4.69) is 135 Å². The zero-order valence-corrected chi connectivity index (χ0v) is 32.5. The van der Waals surface area contributed by atoms with E-state index in [4.69, 9.17) is 0 Å². The van der Waals surface area contributed by atoms with Gasteiger partial charge in [-0.25, -0.2) is 0 Å². The summed E-state index contributed by atoms with van der Waals surface area (Å²) in [5.74, 6) is 0. The van der Waals surface area contributed by atoms with Gasteiger partial charge in [0, 0.05) is 0 Å². The third-order valence-corrected chi connectivity index (χ3v) is 30.4. The molecule has 0 N–H and O–H groups in total. The Morgan fingerprint density at radius 2 is 0.870 bits per heavy atom. The van der Waals surface area contributed by atoms with Crippen LogP contribution in [0.5, 0.6) is 0 Å². The van der Waals surface area contributed by atoms with Gasteiger partial charge in [-0.1, -0.05) is 0 Å². The molecule has 2 aliphatic rings. The predicted octanol–water partition coefficient (Wildman–Crippen LogP) is 4.64. The van der Waals surface area contributed by atoms with E-state index in [1.54, 1.807) is 32.6 Å². The van der Waals surface area contributed by atoms with Gasteiger partial charge >= 0.3 is 276 Å². The van der Waals surface area contributed by atoms with Crippen LogP contribution >= 0.6 is 0 Å². The topological polar surface area (TPSA) is 0 Å². The fourth-order valence-corrected chi connectivity index (χ4v) is 32.8. The van der Waals surface area contributed by atoms with Crippen LogP contribution in [0.25, 0.3) is 12.2 Å². The van der Waals surface area contributed by atoms with Gasteiger partial charge in [0.2, 0.25) is 0 Å². The van der Waals surface area contributed by atoms with Gasteiger partial charge in [0.15, 0.2) is 0 Å². The molecule has 0 saturated heterocycles. The van der Waals surface area contributed by atoms with Crippen molar-refractivity contribution < 1.29 is 45.2 Å². The van der Waals surface area contributed by atoms with Crippen LogP contribution in [-0.4, -0.2) is 5.43 Å². The van der Waals surface area contributed by atoms with Crippen molar-refractivity contribution in [1.29, 1.82) is 0 Å². The summed E-state index contributed by atoms with van der Waals surface area (Å²) in [5, 5.41) is 3.25. The van der Waals surface area contributed by atoms with Crippen molar-refractivity contribution in [2.24, 2.45) is 0 Å². The van der Waals surface area contributed by atoms with Gasteiger partial charge in [-0.15, -0.1) is 0 Å². The van der Waals surface area contributed by atoms with Gasteiger partial charge in [0.1, 0.15) is 0 Å². The second-order valence-corrected chi connectivity index (χ2v) is 26.8. The van der Waals surface area contributed by atoms with Crippen molar-refractivity contribution in [2.75, 3.05) is 0 Å². The molecule has 4 aromatic carbocycles. The molecule has 2 unspecified atom stereocenters. The summed E-state index contributed by atoms with van der Waals surface area (Å²) < 4.78 is 1.25. The summed E-state index contributed by atoms with van der Waals surface area (Å²) in [6.07, 6.45) is 18.4. The van der Waals surface area contributed by atoms with E-state index in [0.29, 0.717) is 7.25 Å². The molecule has 46 heavy (non-hydrogen) atoms. The average molecular weight is 743 g/mol. The standard InChI is InChI=1S/2C15H19.C12H10Si.2ClH.Zr/c2*1-2-3-4-5-8-13-11-14-9-6-7-10-15(14)12-13;1-3-7-11(8-4-1)13-12-9-5-2-6-10-12;;;/h2*6-7,9-12H,2-5,8H2,1H3;1-10H;2*1H;/q;;;;;+2/p-2. The number of allylic oxidation sites excluding steroid dienone is 2. The molecule has 0 aromatic heterocycles. The summed E-state index contributed by atoms with van der Waals surface area (Å²) in [7, 11) is 0. The van der Waals surface area contributed by atoms with E-state index in [0.717, 1.165) is 0 Å². The van der Waals surface area contributed by atoms with Crippen molar-refractivity contribution in [3.05, 3.63) is 143 Å². The fraction of sp³-hybridized carbons (Fsp3) is 0.333. The minimum Gasteiger partial charge on any atom is -1.00 e. The maximum absolute atomic E-state index is 2.65. The molecule has 238 valence electrons. The van der Waals surface area contributed by atoms with Crippen LogP contribution in [0.4, 0.5) is 0 Å². The number of halogens is 2. The molecule has 0 nitrogen and oxygen atoms in total. The monoisotopic (exact) mass is 740 g/mol. The zero-order chi connectivity index (χ0) is 30.1. The first-order chi connectivity index (χ1) is 21.8. The third kappa shape index (κ3) is 8.36. The van der Waals surface area contributed by atoms with Crippen LogP contribution in [0.1, 0.15) is 108 Å². The maximum Gasteiger partial charge on any atom is -1.00 e. The molecule has 0 radical (unpaired) electrons. The quantitative estimate of drug-likeness (QED) is 0.131. The first-order valence-corrected chi connectivity index (χ1v) is 25.3. The van der Waals surface area contributed by atoms with Crippen LogP contribution in [0.3, 0.4) is 0 Å². The average Bonchev–Trinajstić information content (AvgIpc) is 3.62. The smallest absolute Gasteiger partial charge is 1.00 e. The normalized spacial score (nSPS) is 15.8. The Hall–Kier alpha value is -1.96. The van der Waals surface area contributed by atoms with Gasteiger partial charge in [0.25, 0.3) is 0 Å². The van der Waals surface area contributed by atoms with Gasteiger partial charge < -0.3 is 24.8 Å². The Morgan fingerprint density at radius 1 is 0.478 bits per heavy atom. The largest absolute Gasteiger partial charge is 1.00 e. The number of hydrogen-bond acceptors (Lipinski definition) is 0. The molecular weight excluding hydrogens is 695 g/mol. The summed E-state index contributed by atoms with van der Waals surface area (Å²) in [5.41, 5.74) is 8.83. The molecule has 0 aliphatic heterocycles. The molecule has 6 rings (SSSR count). The summed E-state index contributed by atoms with van der Waals surface area (Å²) in [6.45, 7) is 4.67. The van der Waals surface area contributed by atoms with Crippen LogP contribution in [0, 0.1) is 0 Å². The van der Waals surface area contributed by atoms with Crippen molar-refractivity contribution in [3.63, 3.8) is 0 Å². The Balaban J connectivity index is 0.00000240. The van der Waals surface area contributed by atoms with Crippen LogP contribution in [0.15, 0.2) is 120 Å². The van der Waals surface area contributed by atoms with Crippen LogP contribution in [0.2, 0.25) is 0 Å². The summed E-state index contributed by atoms with van der Waals surface area (Å²) in [6, 6.07) is 42.6. The van der Waals surface area contributed by atoms with Crippen LogP contribution < -0.4 is 35.2 Å². The molecule has 0 bridgehead atoms. The number of unbranched alkanes of at least 4 members (excludes halogenated alkanes) is 6. The molecular formula is C42H48Cl2SiZr. The second-order valence-electron chi connectivity index (χ2n) is 12.7. The fourth-order valence-electron chi connectivity index (χ4n) is 7.62. The van der Waals surface area contributed by atoms with E-state index < -0.39 is 25.8 Å². The first-order valence-electron chi connectivity index (χ1n) is 17.2. The van der Waals surface area contributed by atoms with E-state index >= 15 is 0 Å². The molecule has 2 atom stereocenters. The second kappa shape index (κ2) is 18.5. The summed E-state index contributed by atoms with van der Waals surface area (Å²) >= 11 is -2.53. The minimum absolute atomic E-state index is 0. The summed E-state index contributed by atoms with van der Waals surface area (Å²) in [4.78, 5) is 0. The Kier molecular flexibility index (Phi) is 14.9. The molecule has 0 fully saturated rings. The van der Waals surface area contributed by atoms with Crippen molar-refractivity contribution in [3.8, 4) is 0 Å². The third-order valence-electron chi connectivity index (χ3n) is 9.71. The van der Waals surface area contributed by atoms with Gasteiger partial charge in [-0.2, -0.15) is 0 Å². The zero-order valence-electron chi connectivity index (χ0n) is 27.5. The molecule has 4 aromatic rings. The van der Waals surface area contributed by atoms with Crippen molar-refractivity contribution in [1.82, 2.24) is 0 Å². The van der Waals surface area contributed by atoms with E-state index in [1.165, 1.54) is 75.3 Å². The van der Waals surface area contributed by atoms with Crippen LogP contribution in [-0.2, 0) is 20.4 Å². The van der Waals surface area contributed by atoms with Gasteiger partial charge in [0.05, 0.1) is 0 Å². The molecule has 2 aliphatic carbocycles. The van der Waals surface area contributed by atoms with Crippen molar-refractivity contribution >= 4 is 28.0 Å². The Morgan fingerprint density at radius 3 is 1.28 bits per heavy atom. The van der Waals surface area contributed by atoms with E-state index in [-0.39, 0.29) is 24.8 Å². The maximum atomic E-state index is 2.65. The first kappa shape index (κ1) is 36.9. The predicted molar refractivity (Wildman–Crippen MR) is 190 cm³/mol. The van der Waals surface area contributed by atoms with Crippen molar-refractivity contribution in [2.45, 2.75) is 85.3 Å². The number of benzene rings is 4. The molecule has 0 amide bonds. The molecule has 4 heteroatoms. The molecule has 0 saturated carbocycles. The number of rotatable bonds is 14. The molecule has 0 heterocycles. The number of fused-ring (bicyclic) bond motifs is 2. The van der Waals surface area contributed by atoms with E-state index in [1.807, 2.05) is 0 Å². The van der Waals surface area contributed by atoms with E-state index in [9.17, 15) is 0 Å². The molecule has 0 spiro atoms. The van der Waals surface area contributed by atoms with Gasteiger partial charge in [-0.05, 0) is 0 Å².